The molecule has 3 aromatic rings. The monoisotopic (exact) mass is 517 g/mol. The second-order valence-corrected chi connectivity index (χ2v) is 8.65. The molecule has 3 amide bonds. The number of oxazole rings is 1. The lowest BCUT2D eigenvalue weighted by molar-refractivity contribution is -0.161. The quantitative estimate of drug-likeness (QED) is 0.470. The van der Waals surface area contributed by atoms with Crippen LogP contribution in [0.3, 0.4) is 0 Å². The SMILES string of the molecule is Cc1ncc(-c2ccnc(NC(=O)N3c4nc(C(=O)N[C@H](CO)C(F)(F)F)ccc4N4CC[C@H]3C4)c2)o1. The topological polar surface area (TPSA) is 137 Å². The maximum Gasteiger partial charge on any atom is 0.410 e. The number of hydrogen-bond acceptors (Lipinski definition) is 8. The number of carbonyl (C=O) groups is 2. The van der Waals surface area contributed by atoms with E-state index in [-0.39, 0.29) is 23.4 Å². The normalized spacial score (nSPS) is 17.4. The zero-order valence-electron chi connectivity index (χ0n) is 19.5. The number of carbonyl (C=O) groups excluding carboxylic acids is 2. The number of aliphatic hydroxyl groups is 1. The summed E-state index contributed by atoms with van der Waals surface area (Å²) in [4.78, 5) is 41.8. The van der Waals surface area contributed by atoms with Gasteiger partial charge in [-0.05, 0) is 30.7 Å². The van der Waals surface area contributed by atoms with E-state index in [0.29, 0.717) is 42.4 Å². The van der Waals surface area contributed by atoms with Crippen LogP contribution in [0.5, 0.6) is 0 Å². The van der Waals surface area contributed by atoms with Crippen LogP contribution in [0.1, 0.15) is 22.8 Å². The van der Waals surface area contributed by atoms with Crippen LogP contribution in [-0.2, 0) is 0 Å². The highest BCUT2D eigenvalue weighted by Crippen LogP contribution is 2.39. The number of anilines is 3. The van der Waals surface area contributed by atoms with Gasteiger partial charge >= 0.3 is 12.2 Å². The van der Waals surface area contributed by atoms with E-state index in [1.165, 1.54) is 17.2 Å². The summed E-state index contributed by atoms with van der Waals surface area (Å²) in [6.07, 6.45) is -1.14. The summed E-state index contributed by atoms with van der Waals surface area (Å²) in [5, 5.41) is 13.5. The number of hydrogen-bond donors (Lipinski definition) is 3. The van der Waals surface area contributed by atoms with E-state index >= 15 is 0 Å². The summed E-state index contributed by atoms with van der Waals surface area (Å²) in [5.74, 6) is 0.253. The molecule has 0 aliphatic carbocycles. The maximum absolute atomic E-state index is 13.4. The van der Waals surface area contributed by atoms with Crippen molar-refractivity contribution in [3.8, 4) is 11.3 Å². The molecule has 0 unspecified atom stereocenters. The molecule has 0 radical (unpaired) electrons. The fourth-order valence-corrected chi connectivity index (χ4v) is 4.38. The minimum atomic E-state index is -4.83. The number of nitrogens with one attached hydrogen (secondary N) is 2. The van der Waals surface area contributed by atoms with Gasteiger partial charge in [-0.15, -0.1) is 0 Å². The van der Waals surface area contributed by atoms with E-state index < -0.39 is 30.8 Å². The minimum Gasteiger partial charge on any atom is -0.441 e. The second-order valence-electron chi connectivity index (χ2n) is 8.65. The van der Waals surface area contributed by atoms with E-state index in [1.807, 2.05) is 4.90 Å². The van der Waals surface area contributed by atoms with Crippen LogP contribution in [-0.4, -0.2) is 70.0 Å². The Kier molecular flexibility index (Phi) is 6.19. The van der Waals surface area contributed by atoms with Crippen LogP contribution in [0.4, 0.5) is 35.3 Å². The molecule has 14 heteroatoms. The van der Waals surface area contributed by atoms with Crippen LogP contribution in [0.2, 0.25) is 0 Å². The van der Waals surface area contributed by atoms with Gasteiger partial charge in [0.2, 0.25) is 0 Å². The number of amides is 3. The van der Waals surface area contributed by atoms with Gasteiger partial charge in [-0.2, -0.15) is 13.2 Å². The van der Waals surface area contributed by atoms with E-state index in [0.717, 1.165) is 0 Å². The standard InChI is InChI=1S/C23H22F3N7O4/c1-12-28-9-17(37-12)13-4-6-27-19(8-13)31-22(36)33-14-5-7-32(10-14)16-3-2-15(29-20(16)33)21(35)30-18(11-34)23(24,25)26/h2-4,6,8-9,14,18,34H,5,7,10-11H2,1H3,(H,30,35)(H,27,31,36)/t14-,18+/m0/s1. The van der Waals surface area contributed by atoms with Gasteiger partial charge < -0.3 is 19.7 Å². The lowest BCUT2D eigenvalue weighted by atomic mass is 10.1. The average Bonchev–Trinajstić information content (AvgIpc) is 3.48. The third kappa shape index (κ3) is 4.79. The van der Waals surface area contributed by atoms with Crippen LogP contribution in [0, 0.1) is 6.92 Å². The molecule has 0 saturated carbocycles. The van der Waals surface area contributed by atoms with Gasteiger partial charge in [0.05, 0.1) is 24.5 Å². The number of aromatic nitrogens is 3. The molecule has 3 aromatic heterocycles. The summed E-state index contributed by atoms with van der Waals surface area (Å²) < 4.78 is 44.6. The van der Waals surface area contributed by atoms with Crippen LogP contribution in [0.15, 0.2) is 41.1 Å². The first kappa shape index (κ1) is 24.5. The predicted molar refractivity (Wildman–Crippen MR) is 125 cm³/mol. The van der Waals surface area contributed by atoms with Gasteiger partial charge in [-0.25, -0.2) is 19.7 Å². The molecule has 2 aliphatic rings. The summed E-state index contributed by atoms with van der Waals surface area (Å²) in [6.45, 7) is 1.58. The van der Waals surface area contributed by atoms with Crippen molar-refractivity contribution in [1.82, 2.24) is 20.3 Å². The molecule has 5 rings (SSSR count). The van der Waals surface area contributed by atoms with Crippen LogP contribution < -0.4 is 20.4 Å². The number of nitrogens with zero attached hydrogens (tertiary/aromatic N) is 5. The molecular weight excluding hydrogens is 495 g/mol. The number of pyridine rings is 2. The first-order valence-electron chi connectivity index (χ1n) is 11.4. The highest BCUT2D eigenvalue weighted by Gasteiger charge is 2.42. The Hall–Kier alpha value is -4.20. The summed E-state index contributed by atoms with van der Waals surface area (Å²) in [5.41, 5.74) is 0.911. The molecule has 37 heavy (non-hydrogen) atoms. The van der Waals surface area contributed by atoms with E-state index in [9.17, 15) is 22.8 Å². The molecule has 3 N–H and O–H groups in total. The minimum absolute atomic E-state index is 0.147. The third-order valence-electron chi connectivity index (χ3n) is 6.19. The zero-order valence-corrected chi connectivity index (χ0v) is 19.5. The fourth-order valence-electron chi connectivity index (χ4n) is 4.38. The molecule has 0 aromatic carbocycles. The molecule has 1 fully saturated rings. The van der Waals surface area contributed by atoms with Gasteiger partial charge in [0.25, 0.3) is 5.91 Å². The van der Waals surface area contributed by atoms with Crippen molar-refractivity contribution >= 4 is 29.3 Å². The molecule has 194 valence electrons. The van der Waals surface area contributed by atoms with Crippen molar-refractivity contribution in [1.29, 1.82) is 0 Å². The fraction of sp³-hybridized carbons (Fsp3) is 0.348. The molecule has 1 saturated heterocycles. The Bertz CT molecular complexity index is 1350. The summed E-state index contributed by atoms with van der Waals surface area (Å²) >= 11 is 0. The van der Waals surface area contributed by atoms with Gasteiger partial charge in [-0.1, -0.05) is 0 Å². The van der Waals surface area contributed by atoms with E-state index in [4.69, 9.17) is 9.52 Å². The lowest BCUT2D eigenvalue weighted by Gasteiger charge is -2.35. The first-order chi connectivity index (χ1) is 17.6. The number of alkyl halides is 3. The number of aliphatic hydroxyl groups excluding tert-OH is 1. The number of fused-ring (bicyclic) bond motifs is 4. The molecule has 2 aliphatic heterocycles. The zero-order chi connectivity index (χ0) is 26.3. The average molecular weight is 517 g/mol. The number of halogens is 3. The van der Waals surface area contributed by atoms with Crippen molar-refractivity contribution in [2.45, 2.75) is 31.6 Å². The molecule has 0 spiro atoms. The Morgan fingerprint density at radius 2 is 2.08 bits per heavy atom. The predicted octanol–water partition coefficient (Wildman–Crippen LogP) is 2.72. The van der Waals surface area contributed by atoms with Gasteiger partial charge in [0.15, 0.2) is 17.5 Å². The van der Waals surface area contributed by atoms with E-state index in [1.54, 1.807) is 36.6 Å². The maximum atomic E-state index is 13.4. The number of rotatable bonds is 5. The lowest BCUT2D eigenvalue weighted by Crippen LogP contribution is -2.49. The Labute approximate surface area is 208 Å². The van der Waals surface area contributed by atoms with Crippen molar-refractivity contribution < 1.29 is 32.3 Å². The van der Waals surface area contributed by atoms with Crippen molar-refractivity contribution in [3.63, 3.8) is 0 Å². The van der Waals surface area contributed by atoms with Crippen molar-refractivity contribution in [3.05, 3.63) is 48.2 Å². The van der Waals surface area contributed by atoms with Gasteiger partial charge in [0, 0.05) is 31.8 Å². The van der Waals surface area contributed by atoms with Gasteiger partial charge in [-0.3, -0.25) is 15.0 Å². The Morgan fingerprint density at radius 1 is 1.27 bits per heavy atom. The van der Waals surface area contributed by atoms with Gasteiger partial charge in [0.1, 0.15) is 17.6 Å². The van der Waals surface area contributed by atoms with Crippen molar-refractivity contribution in [2.24, 2.45) is 0 Å². The largest absolute Gasteiger partial charge is 0.441 e. The third-order valence-corrected chi connectivity index (χ3v) is 6.19. The Balaban J connectivity index is 1.41. The molecule has 2 atom stereocenters. The first-order valence-corrected chi connectivity index (χ1v) is 11.4. The number of aryl methyl sites for hydroxylation is 1. The van der Waals surface area contributed by atoms with Crippen LogP contribution >= 0.6 is 0 Å². The smallest absolute Gasteiger partial charge is 0.410 e. The highest BCUT2D eigenvalue weighted by atomic mass is 19.4. The highest BCUT2D eigenvalue weighted by molar-refractivity contribution is 6.05. The van der Waals surface area contributed by atoms with Crippen LogP contribution in [0.25, 0.3) is 11.3 Å². The Morgan fingerprint density at radius 3 is 2.78 bits per heavy atom. The van der Waals surface area contributed by atoms with E-state index in [2.05, 4.69) is 20.3 Å². The summed E-state index contributed by atoms with van der Waals surface area (Å²) in [7, 11) is 0. The molecule has 2 bridgehead atoms. The number of urea groups is 1. The second kappa shape index (κ2) is 9.35. The molecule has 11 nitrogen and oxygen atoms in total. The molecule has 5 heterocycles. The van der Waals surface area contributed by atoms with Crippen molar-refractivity contribution in [2.75, 3.05) is 34.8 Å². The summed E-state index contributed by atoms with van der Waals surface area (Å²) in [6, 6.07) is 2.90. The molecular formula is C23H22F3N7O4.